The number of nitrogens with zero attached hydrogens (tertiary/aromatic N) is 4. The summed E-state index contributed by atoms with van der Waals surface area (Å²) < 4.78 is 24.2. The highest BCUT2D eigenvalue weighted by atomic mass is 35.7. The fourth-order valence-electron chi connectivity index (χ4n) is 2.38. The summed E-state index contributed by atoms with van der Waals surface area (Å²) in [6, 6.07) is 7.12. The third kappa shape index (κ3) is 3.76. The minimum atomic E-state index is -2.62. The Hall–Kier alpha value is -2.15. The molecule has 0 bridgehead atoms. The molecule has 132 valence electrons. The Balaban J connectivity index is 1.85. The zero-order valence-electron chi connectivity index (χ0n) is 13.6. The third-order valence-corrected chi connectivity index (χ3v) is 4.30. The molecule has 0 saturated carbocycles. The monoisotopic (exact) mass is 381 g/mol. The Morgan fingerprint density at radius 2 is 2.04 bits per heavy atom. The lowest BCUT2D eigenvalue weighted by Crippen LogP contribution is -2.29. The van der Waals surface area contributed by atoms with E-state index in [0.29, 0.717) is 22.7 Å². The summed E-state index contributed by atoms with van der Waals surface area (Å²) in [6.07, 6.45) is 2.99. The number of halogens is 1. The highest BCUT2D eigenvalue weighted by Crippen LogP contribution is 2.34. The highest BCUT2D eigenvalue weighted by Gasteiger charge is 2.25. The van der Waals surface area contributed by atoms with Gasteiger partial charge in [-0.05, 0) is 31.2 Å². The molecule has 2 N–H and O–H groups in total. The molecule has 0 saturated heterocycles. The number of nitrogens with two attached hydrogens (primary N) is 1. The van der Waals surface area contributed by atoms with Crippen LogP contribution in [0.1, 0.15) is 19.4 Å². The summed E-state index contributed by atoms with van der Waals surface area (Å²) in [6.45, 7) is 3.97. The van der Waals surface area contributed by atoms with Crippen molar-refractivity contribution in [3.63, 3.8) is 0 Å². The Morgan fingerprint density at radius 1 is 1.28 bits per heavy atom. The predicted molar refractivity (Wildman–Crippen MR) is 95.8 cm³/mol. The van der Waals surface area contributed by atoms with Gasteiger partial charge in [0.15, 0.2) is 11.5 Å². The van der Waals surface area contributed by atoms with Crippen molar-refractivity contribution in [2.24, 2.45) is 0 Å². The molecule has 8 nitrogen and oxygen atoms in total. The molecular formula is C15H17ClN5O3P. The Labute approximate surface area is 149 Å². The average Bonchev–Trinajstić information content (AvgIpc) is 3.00. The van der Waals surface area contributed by atoms with Gasteiger partial charge in [-0.15, -0.1) is 0 Å². The number of anilines is 1. The molecule has 25 heavy (non-hydrogen) atoms. The normalized spacial score (nSPS) is 13.1. The van der Waals surface area contributed by atoms with Gasteiger partial charge < -0.3 is 15.0 Å². The lowest BCUT2D eigenvalue weighted by molar-refractivity contribution is -0.0867. The molecule has 0 aliphatic carbocycles. The molecular weight excluding hydrogens is 365 g/mol. The number of ether oxygens (including phenoxy) is 1. The summed E-state index contributed by atoms with van der Waals surface area (Å²) in [5.41, 5.74) is 6.88. The molecule has 2 heterocycles. The van der Waals surface area contributed by atoms with Gasteiger partial charge in [0.05, 0.1) is 12.9 Å². The first kappa shape index (κ1) is 17.7. The van der Waals surface area contributed by atoms with Crippen LogP contribution in [0.2, 0.25) is 0 Å². The van der Waals surface area contributed by atoms with Crippen LogP contribution in [-0.4, -0.2) is 19.5 Å². The summed E-state index contributed by atoms with van der Waals surface area (Å²) >= 11 is 5.48. The van der Waals surface area contributed by atoms with Crippen LogP contribution in [-0.2, 0) is 21.6 Å². The van der Waals surface area contributed by atoms with Gasteiger partial charge >= 0.3 is 7.38 Å². The van der Waals surface area contributed by atoms with Crippen molar-refractivity contribution >= 4 is 35.6 Å². The molecule has 1 unspecified atom stereocenters. The quantitative estimate of drug-likeness (QED) is 0.653. The molecule has 1 atom stereocenters. The van der Waals surface area contributed by atoms with Crippen molar-refractivity contribution in [2.75, 3.05) is 5.73 Å². The van der Waals surface area contributed by atoms with E-state index < -0.39 is 13.1 Å². The molecule has 2 aromatic heterocycles. The number of aromatic nitrogens is 4. The fourth-order valence-corrected chi connectivity index (χ4v) is 3.00. The van der Waals surface area contributed by atoms with E-state index in [9.17, 15) is 4.57 Å². The van der Waals surface area contributed by atoms with E-state index in [4.69, 9.17) is 26.2 Å². The van der Waals surface area contributed by atoms with Gasteiger partial charge in [0, 0.05) is 5.56 Å². The number of nitrogen functional groups attached to an aromatic ring is 1. The minimum Gasteiger partial charge on any atom is -0.434 e. The van der Waals surface area contributed by atoms with Gasteiger partial charge in [-0.2, -0.15) is 0 Å². The van der Waals surface area contributed by atoms with E-state index >= 15 is 0 Å². The van der Waals surface area contributed by atoms with E-state index in [1.54, 1.807) is 23.0 Å². The summed E-state index contributed by atoms with van der Waals surface area (Å²) in [4.78, 5) is 12.4. The van der Waals surface area contributed by atoms with Crippen LogP contribution in [0.4, 0.5) is 5.82 Å². The summed E-state index contributed by atoms with van der Waals surface area (Å²) in [7, 11) is -2.62. The van der Waals surface area contributed by atoms with Crippen LogP contribution in [0, 0.1) is 0 Å². The topological polar surface area (TPSA) is 105 Å². The van der Waals surface area contributed by atoms with E-state index in [2.05, 4.69) is 15.0 Å². The van der Waals surface area contributed by atoms with Crippen molar-refractivity contribution in [3.05, 3.63) is 42.5 Å². The molecule has 3 rings (SSSR count). The zero-order valence-corrected chi connectivity index (χ0v) is 15.4. The molecule has 1 aromatic carbocycles. The first-order chi connectivity index (χ1) is 11.9. The number of hydrogen-bond acceptors (Lipinski definition) is 7. The van der Waals surface area contributed by atoms with Gasteiger partial charge in [0.1, 0.15) is 23.3 Å². The zero-order chi connectivity index (χ0) is 18.0. The Morgan fingerprint density at radius 3 is 2.80 bits per heavy atom. The second kappa shape index (κ2) is 7.00. The maximum atomic E-state index is 11.2. The standard InChI is InChI=1S/C15H17ClN5O3P/c1-15(2,21-9-20-12-13(17)18-8-19-14(12)21)23-7-10-5-3-4-6-11(10)24-25(16)22/h3-6,8-9,25H,7H2,1-2H3,(H2,17,18,19). The van der Waals surface area contributed by atoms with Crippen molar-refractivity contribution < 1.29 is 13.8 Å². The largest absolute Gasteiger partial charge is 0.434 e. The van der Waals surface area contributed by atoms with Crippen molar-refractivity contribution in [1.82, 2.24) is 19.5 Å². The van der Waals surface area contributed by atoms with Crippen LogP contribution in [0.15, 0.2) is 36.9 Å². The number of fused-ring (bicyclic) bond motifs is 1. The van der Waals surface area contributed by atoms with E-state index in [1.165, 1.54) is 6.33 Å². The lowest BCUT2D eigenvalue weighted by atomic mass is 10.2. The molecule has 10 heteroatoms. The first-order valence-corrected chi connectivity index (χ1v) is 9.74. The van der Waals surface area contributed by atoms with Gasteiger partial charge in [0.2, 0.25) is 0 Å². The smallest absolute Gasteiger partial charge is 0.325 e. The number of rotatable bonds is 6. The van der Waals surface area contributed by atoms with Crippen molar-refractivity contribution in [3.8, 4) is 5.75 Å². The predicted octanol–water partition coefficient (Wildman–Crippen LogP) is 3.33. The molecule has 0 spiro atoms. The SMILES string of the molecule is CC(C)(OCc1ccccc1O[PH](=O)Cl)n1cnc2c(N)ncnc21. The van der Waals surface area contributed by atoms with Gasteiger partial charge in [0.25, 0.3) is 0 Å². The average molecular weight is 382 g/mol. The minimum absolute atomic E-state index is 0.218. The third-order valence-electron chi connectivity index (χ3n) is 3.69. The van der Waals surface area contributed by atoms with Crippen LogP contribution in [0.5, 0.6) is 5.75 Å². The van der Waals surface area contributed by atoms with Crippen LogP contribution in [0.25, 0.3) is 11.2 Å². The van der Waals surface area contributed by atoms with E-state index in [1.807, 2.05) is 26.0 Å². The second-order valence-corrected chi connectivity index (χ2v) is 7.33. The molecule has 0 fully saturated rings. The van der Waals surface area contributed by atoms with Gasteiger partial charge in [-0.3, -0.25) is 9.13 Å². The van der Waals surface area contributed by atoms with Crippen LogP contribution >= 0.6 is 18.6 Å². The van der Waals surface area contributed by atoms with Crippen molar-refractivity contribution in [1.29, 1.82) is 0 Å². The van der Waals surface area contributed by atoms with Gasteiger partial charge in [-0.1, -0.05) is 18.2 Å². The van der Waals surface area contributed by atoms with Crippen LogP contribution < -0.4 is 10.3 Å². The molecule has 0 aliphatic heterocycles. The lowest BCUT2D eigenvalue weighted by Gasteiger charge is -2.27. The number of imidazole rings is 1. The Bertz CT molecular complexity index is 930. The summed E-state index contributed by atoms with van der Waals surface area (Å²) in [5.74, 6) is 0.741. The number of hydrogen-bond donors (Lipinski definition) is 1. The number of benzene rings is 1. The fraction of sp³-hybridized carbons (Fsp3) is 0.267. The maximum Gasteiger partial charge on any atom is 0.325 e. The second-order valence-electron chi connectivity index (χ2n) is 5.73. The van der Waals surface area contributed by atoms with Crippen molar-refractivity contribution in [2.45, 2.75) is 26.2 Å². The highest BCUT2D eigenvalue weighted by molar-refractivity contribution is 7.70. The summed E-state index contributed by atoms with van der Waals surface area (Å²) in [5, 5.41) is 0. The molecule has 0 radical (unpaired) electrons. The molecule has 3 aromatic rings. The Kier molecular flexibility index (Phi) is 4.94. The maximum absolute atomic E-state index is 11.2. The number of para-hydroxylation sites is 1. The van der Waals surface area contributed by atoms with E-state index in [0.717, 1.165) is 5.56 Å². The van der Waals surface area contributed by atoms with E-state index in [-0.39, 0.29) is 6.61 Å². The molecule has 0 aliphatic rings. The van der Waals surface area contributed by atoms with Gasteiger partial charge in [-0.25, -0.2) is 15.0 Å². The first-order valence-electron chi connectivity index (χ1n) is 7.41. The van der Waals surface area contributed by atoms with Crippen LogP contribution in [0.3, 0.4) is 0 Å². The molecule has 0 amide bonds.